The second-order valence-corrected chi connectivity index (χ2v) is 3.27. The summed E-state index contributed by atoms with van der Waals surface area (Å²) in [5.41, 5.74) is 0.844. The van der Waals surface area contributed by atoms with Gasteiger partial charge in [-0.1, -0.05) is 13.8 Å². The van der Waals surface area contributed by atoms with Crippen molar-refractivity contribution in [1.82, 2.24) is 4.98 Å². The average Bonchev–Trinajstić information content (AvgIpc) is 2.29. The first-order valence-electron chi connectivity index (χ1n) is 4.18. The number of nitrogens with zero attached hydrogens (tertiary/aromatic N) is 1. The predicted octanol–water partition coefficient (Wildman–Crippen LogP) is 1.73. The molecule has 0 fully saturated rings. The summed E-state index contributed by atoms with van der Waals surface area (Å²) in [6.45, 7) is 5.79. The van der Waals surface area contributed by atoms with Crippen LogP contribution in [-0.2, 0) is 11.2 Å². The molecule has 4 heteroatoms. The molecule has 0 atom stereocenters. The second kappa shape index (κ2) is 3.60. The largest absolute Gasteiger partial charge is 0.481 e. The highest BCUT2D eigenvalue weighted by molar-refractivity contribution is 5.68. The molecule has 13 heavy (non-hydrogen) atoms. The second-order valence-electron chi connectivity index (χ2n) is 3.27. The summed E-state index contributed by atoms with van der Waals surface area (Å²) in [5.74, 6) is 0.350. The van der Waals surface area contributed by atoms with E-state index >= 15 is 0 Å². The lowest BCUT2D eigenvalue weighted by Crippen LogP contribution is -2.00. The molecule has 4 nitrogen and oxygen atoms in total. The number of hydrogen-bond donors (Lipinski definition) is 1. The van der Waals surface area contributed by atoms with E-state index < -0.39 is 5.97 Å². The molecular formula is C9H13NO3. The van der Waals surface area contributed by atoms with E-state index in [0.717, 1.165) is 5.69 Å². The summed E-state index contributed by atoms with van der Waals surface area (Å²) in [7, 11) is 0. The van der Waals surface area contributed by atoms with E-state index in [-0.39, 0.29) is 18.2 Å². The Labute approximate surface area is 76.6 Å². The number of aromatic nitrogens is 1. The molecule has 1 N–H and O–H groups in total. The Morgan fingerprint density at radius 3 is 2.62 bits per heavy atom. The molecule has 1 aromatic heterocycles. The zero-order valence-electron chi connectivity index (χ0n) is 8.00. The van der Waals surface area contributed by atoms with Gasteiger partial charge in [0.25, 0.3) is 0 Å². The average molecular weight is 183 g/mol. The van der Waals surface area contributed by atoms with Gasteiger partial charge >= 0.3 is 5.97 Å². The molecule has 0 radical (unpaired) electrons. The van der Waals surface area contributed by atoms with Crippen molar-refractivity contribution in [1.29, 1.82) is 0 Å². The summed E-state index contributed by atoms with van der Waals surface area (Å²) < 4.78 is 5.19. The van der Waals surface area contributed by atoms with Gasteiger partial charge in [-0.3, -0.25) is 4.79 Å². The van der Waals surface area contributed by atoms with Gasteiger partial charge in [0.1, 0.15) is 12.2 Å². The summed E-state index contributed by atoms with van der Waals surface area (Å²) in [5, 5.41) is 8.51. The molecule has 0 saturated carbocycles. The van der Waals surface area contributed by atoms with E-state index in [2.05, 4.69) is 4.98 Å². The van der Waals surface area contributed by atoms with Gasteiger partial charge in [-0.25, -0.2) is 4.98 Å². The van der Waals surface area contributed by atoms with Crippen LogP contribution in [0.15, 0.2) is 4.42 Å². The minimum absolute atomic E-state index is 0.145. The van der Waals surface area contributed by atoms with Crippen LogP contribution >= 0.6 is 0 Å². The van der Waals surface area contributed by atoms with Crippen molar-refractivity contribution < 1.29 is 14.3 Å². The summed E-state index contributed by atoms with van der Waals surface area (Å²) >= 11 is 0. The maximum absolute atomic E-state index is 10.4. The van der Waals surface area contributed by atoms with Crippen molar-refractivity contribution in [2.45, 2.75) is 33.1 Å². The first kappa shape index (κ1) is 9.77. The molecule has 0 spiro atoms. The first-order valence-corrected chi connectivity index (χ1v) is 4.18. The lowest BCUT2D eigenvalue weighted by Gasteiger charge is -1.97. The Hall–Kier alpha value is -1.32. The van der Waals surface area contributed by atoms with Gasteiger partial charge in [0.05, 0.1) is 5.69 Å². The number of carboxylic acids is 1. The Morgan fingerprint density at radius 1 is 1.62 bits per heavy atom. The van der Waals surface area contributed by atoms with Crippen LogP contribution in [0.3, 0.4) is 0 Å². The lowest BCUT2D eigenvalue weighted by molar-refractivity contribution is -0.136. The highest BCUT2D eigenvalue weighted by Gasteiger charge is 2.14. The number of aryl methyl sites for hydroxylation is 1. The summed E-state index contributed by atoms with van der Waals surface area (Å²) in [4.78, 5) is 14.5. The van der Waals surface area contributed by atoms with Crippen molar-refractivity contribution in [3.63, 3.8) is 0 Å². The standard InChI is InChI=1S/C9H13NO3/c1-5(2)9-6(3)13-7(10-9)4-8(11)12/h5H,4H2,1-3H3,(H,11,12). The number of carboxylic acid groups (broad SMARTS) is 1. The highest BCUT2D eigenvalue weighted by atomic mass is 16.4. The SMILES string of the molecule is Cc1oc(CC(=O)O)nc1C(C)C. The lowest BCUT2D eigenvalue weighted by atomic mass is 10.1. The topological polar surface area (TPSA) is 63.3 Å². The van der Waals surface area contributed by atoms with Gasteiger partial charge in [-0.2, -0.15) is 0 Å². The molecule has 0 aliphatic heterocycles. The van der Waals surface area contributed by atoms with Crippen molar-refractivity contribution in [2.75, 3.05) is 0 Å². The number of oxazole rings is 1. The van der Waals surface area contributed by atoms with Crippen LogP contribution in [0, 0.1) is 6.92 Å². The molecule has 0 amide bonds. The fraction of sp³-hybridized carbons (Fsp3) is 0.556. The molecule has 0 aliphatic rings. The Bertz CT molecular complexity index is 315. The van der Waals surface area contributed by atoms with Crippen molar-refractivity contribution >= 4 is 5.97 Å². The zero-order chi connectivity index (χ0) is 10.0. The van der Waals surface area contributed by atoms with Gasteiger partial charge in [-0.05, 0) is 12.8 Å². The number of rotatable bonds is 3. The van der Waals surface area contributed by atoms with E-state index in [1.165, 1.54) is 0 Å². The van der Waals surface area contributed by atoms with Gasteiger partial charge in [0.15, 0.2) is 0 Å². The highest BCUT2D eigenvalue weighted by Crippen LogP contribution is 2.18. The maximum atomic E-state index is 10.4. The Kier molecular flexibility index (Phi) is 2.70. The minimum Gasteiger partial charge on any atom is -0.481 e. The molecule has 72 valence electrons. The van der Waals surface area contributed by atoms with Gasteiger partial charge < -0.3 is 9.52 Å². The van der Waals surface area contributed by atoms with E-state index in [4.69, 9.17) is 9.52 Å². The van der Waals surface area contributed by atoms with Crippen molar-refractivity contribution in [2.24, 2.45) is 0 Å². The molecule has 1 aromatic rings. The number of hydrogen-bond acceptors (Lipinski definition) is 3. The van der Waals surface area contributed by atoms with E-state index in [1.54, 1.807) is 6.92 Å². The fourth-order valence-corrected chi connectivity index (χ4v) is 1.21. The monoisotopic (exact) mass is 183 g/mol. The van der Waals surface area contributed by atoms with E-state index in [9.17, 15) is 4.79 Å². The number of aliphatic carboxylic acids is 1. The zero-order valence-corrected chi connectivity index (χ0v) is 8.00. The molecule has 1 rings (SSSR count). The van der Waals surface area contributed by atoms with Crippen LogP contribution < -0.4 is 0 Å². The Morgan fingerprint density at radius 2 is 2.23 bits per heavy atom. The first-order chi connectivity index (χ1) is 6.00. The van der Waals surface area contributed by atoms with Crippen LogP contribution in [0.1, 0.15) is 37.1 Å². The molecule has 0 aromatic carbocycles. The third kappa shape index (κ3) is 2.31. The summed E-state index contributed by atoms with van der Waals surface area (Å²) in [6.07, 6.45) is -0.145. The summed E-state index contributed by atoms with van der Waals surface area (Å²) in [6, 6.07) is 0. The van der Waals surface area contributed by atoms with Crippen LogP contribution in [0.5, 0.6) is 0 Å². The molecular weight excluding hydrogens is 170 g/mol. The van der Waals surface area contributed by atoms with Crippen molar-refractivity contribution in [3.8, 4) is 0 Å². The third-order valence-electron chi connectivity index (χ3n) is 1.73. The van der Waals surface area contributed by atoms with Gasteiger partial charge in [-0.15, -0.1) is 0 Å². The fourth-order valence-electron chi connectivity index (χ4n) is 1.21. The molecule has 0 unspecified atom stereocenters. The quantitative estimate of drug-likeness (QED) is 0.775. The van der Waals surface area contributed by atoms with Crippen LogP contribution in [0.4, 0.5) is 0 Å². The van der Waals surface area contributed by atoms with Crippen molar-refractivity contribution in [3.05, 3.63) is 17.3 Å². The van der Waals surface area contributed by atoms with E-state index in [0.29, 0.717) is 5.76 Å². The molecule has 0 aliphatic carbocycles. The minimum atomic E-state index is -0.920. The molecule has 0 bridgehead atoms. The molecule has 0 saturated heterocycles. The van der Waals surface area contributed by atoms with Gasteiger partial charge in [0, 0.05) is 0 Å². The van der Waals surface area contributed by atoms with Crippen LogP contribution in [-0.4, -0.2) is 16.1 Å². The third-order valence-corrected chi connectivity index (χ3v) is 1.73. The predicted molar refractivity (Wildman–Crippen MR) is 46.7 cm³/mol. The maximum Gasteiger partial charge on any atom is 0.312 e. The normalized spacial score (nSPS) is 10.8. The number of carbonyl (C=O) groups is 1. The van der Waals surface area contributed by atoms with Gasteiger partial charge in [0.2, 0.25) is 5.89 Å². The Balaban J connectivity index is 2.88. The van der Waals surface area contributed by atoms with E-state index in [1.807, 2.05) is 13.8 Å². The van der Waals surface area contributed by atoms with Crippen LogP contribution in [0.25, 0.3) is 0 Å². The molecule has 1 heterocycles. The smallest absolute Gasteiger partial charge is 0.312 e. The van der Waals surface area contributed by atoms with Crippen LogP contribution in [0.2, 0.25) is 0 Å².